The van der Waals surface area contributed by atoms with Crippen LogP contribution in [-0.4, -0.2) is 86.5 Å². The highest BCUT2D eigenvalue weighted by Crippen LogP contribution is 2.56. The van der Waals surface area contributed by atoms with Crippen molar-refractivity contribution in [3.05, 3.63) is 0 Å². The Hall–Kier alpha value is -1.14. The van der Waals surface area contributed by atoms with Crippen LogP contribution in [0.2, 0.25) is 0 Å². The average molecular weight is 457 g/mol. The van der Waals surface area contributed by atoms with Crippen molar-refractivity contribution < 1.29 is 28.0 Å². The number of likely N-dealkylation sites (N-methyl/N-ethyl adjacent to an activating group) is 2. The maximum absolute atomic E-state index is 13.2. The molecule has 2 atom stereocenters. The van der Waals surface area contributed by atoms with E-state index in [-0.39, 0.29) is 17.9 Å². The fourth-order valence-corrected chi connectivity index (χ4v) is 5.50. The number of hydrogen-bond donors (Lipinski definition) is 0. The number of nitrogens with zero attached hydrogens (tertiary/aromatic N) is 2. The molecule has 0 bridgehead atoms. The molecule has 0 aromatic carbocycles. The van der Waals surface area contributed by atoms with Crippen LogP contribution in [0, 0.1) is 16.7 Å². The number of rotatable bonds is 14. The first-order valence-corrected chi connectivity index (χ1v) is 13.0. The molecule has 0 saturated heterocycles. The maximum atomic E-state index is 13.2. The van der Waals surface area contributed by atoms with E-state index in [1.165, 1.54) is 0 Å². The molecule has 0 aromatic heterocycles. The van der Waals surface area contributed by atoms with E-state index in [4.69, 9.17) is 9.47 Å². The lowest BCUT2D eigenvalue weighted by Gasteiger charge is -2.40. The van der Waals surface area contributed by atoms with Crippen molar-refractivity contribution in [3.8, 4) is 0 Å². The zero-order valence-corrected chi connectivity index (χ0v) is 22.6. The van der Waals surface area contributed by atoms with Gasteiger partial charge in [-0.1, -0.05) is 13.8 Å². The maximum Gasteiger partial charge on any atom is 0.312 e. The van der Waals surface area contributed by atoms with Crippen LogP contribution in [0.25, 0.3) is 0 Å². The molecule has 0 aliphatic heterocycles. The van der Waals surface area contributed by atoms with Gasteiger partial charge < -0.3 is 18.4 Å². The van der Waals surface area contributed by atoms with Gasteiger partial charge in [0.05, 0.1) is 50.6 Å². The Morgan fingerprint density at radius 3 is 1.56 bits per heavy atom. The summed E-state index contributed by atoms with van der Waals surface area (Å²) in [6.07, 6.45) is 1.33. The van der Waals surface area contributed by atoms with Crippen molar-refractivity contribution in [3.63, 3.8) is 0 Å². The summed E-state index contributed by atoms with van der Waals surface area (Å²) >= 11 is 0. The van der Waals surface area contributed by atoms with Crippen LogP contribution in [0.3, 0.4) is 0 Å². The number of ether oxygens (including phenoxy) is 2. The highest BCUT2D eigenvalue weighted by Gasteiger charge is 2.59. The Morgan fingerprint density at radius 1 is 0.750 bits per heavy atom. The minimum Gasteiger partial charge on any atom is -0.459 e. The van der Waals surface area contributed by atoms with Gasteiger partial charge in [0.2, 0.25) is 0 Å². The van der Waals surface area contributed by atoms with E-state index in [0.717, 1.165) is 61.3 Å². The largest absolute Gasteiger partial charge is 0.459 e. The SMILES string of the molecule is CC[N+](CC)(CC)CCOC(=O)[C@H]1CC[C@@](C)(C(=O)OCC[N+](CC)(CC)CC)C1(C)C. The quantitative estimate of drug-likeness (QED) is 0.289. The highest BCUT2D eigenvalue weighted by molar-refractivity contribution is 5.82. The van der Waals surface area contributed by atoms with Crippen LogP contribution in [0.4, 0.5) is 0 Å². The number of carbonyl (C=O) groups is 2. The summed E-state index contributed by atoms with van der Waals surface area (Å²) in [6.45, 7) is 28.0. The van der Waals surface area contributed by atoms with Gasteiger partial charge >= 0.3 is 11.9 Å². The molecule has 6 nitrogen and oxygen atoms in total. The van der Waals surface area contributed by atoms with Gasteiger partial charge in [-0.3, -0.25) is 9.59 Å². The van der Waals surface area contributed by atoms with Crippen LogP contribution in [-0.2, 0) is 19.1 Å². The van der Waals surface area contributed by atoms with E-state index < -0.39 is 10.8 Å². The molecule has 0 heterocycles. The second-order valence-electron chi connectivity index (χ2n) is 10.5. The van der Waals surface area contributed by atoms with Gasteiger partial charge in [-0.15, -0.1) is 0 Å². The topological polar surface area (TPSA) is 52.6 Å². The molecule has 0 radical (unpaired) electrons. The smallest absolute Gasteiger partial charge is 0.312 e. The van der Waals surface area contributed by atoms with Crippen molar-refractivity contribution in [1.29, 1.82) is 0 Å². The van der Waals surface area contributed by atoms with E-state index in [9.17, 15) is 9.59 Å². The third-order valence-corrected chi connectivity index (χ3v) is 9.59. The molecule has 0 spiro atoms. The van der Waals surface area contributed by atoms with Crippen molar-refractivity contribution in [2.24, 2.45) is 16.7 Å². The third-order valence-electron chi connectivity index (χ3n) is 9.59. The molecule has 1 aliphatic carbocycles. The van der Waals surface area contributed by atoms with Crippen molar-refractivity contribution in [2.75, 3.05) is 65.6 Å². The Morgan fingerprint density at radius 2 is 1.16 bits per heavy atom. The fraction of sp³-hybridized carbons (Fsp3) is 0.923. The van der Waals surface area contributed by atoms with Gasteiger partial charge in [0.25, 0.3) is 0 Å². The Bertz CT molecular complexity index is 594. The summed E-state index contributed by atoms with van der Waals surface area (Å²) < 4.78 is 13.5. The number of carbonyl (C=O) groups excluding carboxylic acids is 2. The first-order chi connectivity index (χ1) is 15.0. The van der Waals surface area contributed by atoms with Gasteiger partial charge in [0.15, 0.2) is 0 Å². The summed E-state index contributed by atoms with van der Waals surface area (Å²) in [7, 11) is 0. The first-order valence-electron chi connectivity index (χ1n) is 13.0. The lowest BCUT2D eigenvalue weighted by Crippen LogP contribution is -2.51. The van der Waals surface area contributed by atoms with E-state index >= 15 is 0 Å². The molecule has 1 saturated carbocycles. The lowest BCUT2D eigenvalue weighted by atomic mass is 9.65. The molecule has 32 heavy (non-hydrogen) atoms. The monoisotopic (exact) mass is 456 g/mol. The summed E-state index contributed by atoms with van der Waals surface area (Å²) in [6, 6.07) is 0. The second-order valence-corrected chi connectivity index (χ2v) is 10.5. The fourth-order valence-electron chi connectivity index (χ4n) is 5.50. The summed E-state index contributed by atoms with van der Waals surface area (Å²) in [5, 5.41) is 0. The molecule has 0 aromatic rings. The molecule has 0 unspecified atom stereocenters. The predicted molar refractivity (Wildman–Crippen MR) is 130 cm³/mol. The zero-order chi connectivity index (χ0) is 24.6. The van der Waals surface area contributed by atoms with E-state index in [0.29, 0.717) is 26.1 Å². The molecule has 0 N–H and O–H groups in total. The molecular formula is C26H52N2O4+2. The molecule has 0 amide bonds. The van der Waals surface area contributed by atoms with Gasteiger partial charge in [0.1, 0.15) is 26.3 Å². The lowest BCUT2D eigenvalue weighted by molar-refractivity contribution is -0.923. The summed E-state index contributed by atoms with van der Waals surface area (Å²) in [5.41, 5.74) is -1.17. The Labute approximate surface area is 197 Å². The van der Waals surface area contributed by atoms with Gasteiger partial charge in [-0.25, -0.2) is 0 Å². The minimum absolute atomic E-state index is 0.161. The third kappa shape index (κ3) is 5.85. The number of esters is 2. The van der Waals surface area contributed by atoms with Gasteiger partial charge in [-0.05, 0) is 66.7 Å². The molecule has 1 aliphatic rings. The molecular weight excluding hydrogens is 404 g/mol. The molecule has 1 fully saturated rings. The normalized spacial score (nSPS) is 23.2. The Kier molecular flexibility index (Phi) is 10.7. The standard InChI is InChI=1S/C26H52N2O4/c1-10-27(11-2,12-3)18-20-31-23(29)22-16-17-26(9,25(22,7)8)24(30)32-21-19-28(13-4,14-5)15-6/h22H,10-21H2,1-9H3/q+2/t22-,26+/m1/s1. The first kappa shape index (κ1) is 28.9. The number of quaternary nitrogens is 2. The van der Waals surface area contributed by atoms with E-state index in [2.05, 4.69) is 41.5 Å². The molecule has 6 heteroatoms. The van der Waals surface area contributed by atoms with Crippen molar-refractivity contribution in [2.45, 2.75) is 75.2 Å². The minimum atomic E-state index is -0.674. The predicted octanol–water partition coefficient (Wildman–Crippen LogP) is 4.27. The van der Waals surface area contributed by atoms with E-state index in [1.807, 2.05) is 20.8 Å². The Balaban J connectivity index is 2.74. The molecule has 188 valence electrons. The highest BCUT2D eigenvalue weighted by atomic mass is 16.5. The zero-order valence-electron chi connectivity index (χ0n) is 22.6. The van der Waals surface area contributed by atoms with Crippen LogP contribution in [0.15, 0.2) is 0 Å². The van der Waals surface area contributed by atoms with Crippen LogP contribution in [0.5, 0.6) is 0 Å². The van der Waals surface area contributed by atoms with Crippen LogP contribution >= 0.6 is 0 Å². The van der Waals surface area contributed by atoms with Gasteiger partial charge in [0, 0.05) is 0 Å². The molecule has 1 rings (SSSR count). The summed E-state index contributed by atoms with van der Waals surface area (Å²) in [5.74, 6) is -0.604. The van der Waals surface area contributed by atoms with Crippen LogP contribution in [0.1, 0.15) is 75.2 Å². The average Bonchev–Trinajstić information content (AvgIpc) is 3.04. The summed E-state index contributed by atoms with van der Waals surface area (Å²) in [4.78, 5) is 26.2. The van der Waals surface area contributed by atoms with Crippen molar-refractivity contribution in [1.82, 2.24) is 0 Å². The van der Waals surface area contributed by atoms with Crippen LogP contribution < -0.4 is 0 Å². The van der Waals surface area contributed by atoms with Crippen molar-refractivity contribution >= 4 is 11.9 Å². The second kappa shape index (κ2) is 11.8. The number of hydrogen-bond acceptors (Lipinski definition) is 4. The van der Waals surface area contributed by atoms with Gasteiger partial charge in [-0.2, -0.15) is 0 Å². The van der Waals surface area contributed by atoms with E-state index in [1.54, 1.807) is 0 Å².